The topological polar surface area (TPSA) is 152 Å². The van der Waals surface area contributed by atoms with E-state index >= 15 is 0 Å². The first kappa shape index (κ1) is 58.1. The monoisotopic (exact) mass is 872 g/mol. The first-order valence-electron chi connectivity index (χ1n) is 23.9. The summed E-state index contributed by atoms with van der Waals surface area (Å²) < 4.78 is 33.7. The molecule has 11 nitrogen and oxygen atoms in total. The molecule has 0 saturated heterocycles. The summed E-state index contributed by atoms with van der Waals surface area (Å²) in [5, 5.41) is 20.8. The molecule has 0 aliphatic rings. The number of phosphoric acid groups is 1. The molecule has 0 heterocycles. The lowest BCUT2D eigenvalue weighted by Crippen LogP contribution is -2.37. The third-order valence-corrected chi connectivity index (χ3v) is 11.3. The molecule has 0 aromatic carbocycles. The van der Waals surface area contributed by atoms with Gasteiger partial charge in [-0.25, -0.2) is 0 Å². The van der Waals surface area contributed by atoms with Crippen molar-refractivity contribution in [3.63, 3.8) is 0 Å². The van der Waals surface area contributed by atoms with Crippen molar-refractivity contribution in [2.24, 2.45) is 0 Å². The van der Waals surface area contributed by atoms with Gasteiger partial charge < -0.3 is 38.1 Å². The second-order valence-electron chi connectivity index (χ2n) is 17.4. The van der Waals surface area contributed by atoms with E-state index in [1.54, 1.807) is 0 Å². The van der Waals surface area contributed by atoms with Gasteiger partial charge in [-0.3, -0.25) is 14.2 Å². The van der Waals surface area contributed by atoms with E-state index in [4.69, 9.17) is 18.5 Å². The van der Waals surface area contributed by atoms with Crippen LogP contribution in [0.1, 0.15) is 194 Å². The minimum atomic E-state index is -4.71. The van der Waals surface area contributed by atoms with Crippen molar-refractivity contribution in [2.75, 3.05) is 47.5 Å². The molecule has 0 spiro atoms. The quantitative estimate of drug-likeness (QED) is 0.0199. The number of carbonyl (C=O) groups is 2. The molecule has 60 heavy (non-hydrogen) atoms. The number of quaternary nitrogens is 1. The van der Waals surface area contributed by atoms with Crippen LogP contribution in [-0.4, -0.2) is 92.5 Å². The average Bonchev–Trinajstić information content (AvgIpc) is 3.19. The van der Waals surface area contributed by atoms with Gasteiger partial charge in [-0.2, -0.15) is 0 Å². The zero-order chi connectivity index (χ0) is 44.6. The molecular weight excluding hydrogens is 781 g/mol. The number of hydrogen-bond donors (Lipinski definition) is 2. The van der Waals surface area contributed by atoms with E-state index in [0.29, 0.717) is 17.4 Å². The van der Waals surface area contributed by atoms with E-state index < -0.39 is 44.7 Å². The Labute approximate surface area is 367 Å². The first-order valence-corrected chi connectivity index (χ1v) is 25.3. The number of likely N-dealkylation sites (N-methyl/N-ethyl adjacent to an activating group) is 1. The number of rotatable bonds is 43. The highest BCUT2D eigenvalue weighted by atomic mass is 31.2. The van der Waals surface area contributed by atoms with E-state index in [1.165, 1.54) is 103 Å². The van der Waals surface area contributed by atoms with Crippen molar-refractivity contribution < 1.29 is 52.3 Å². The summed E-state index contributed by atoms with van der Waals surface area (Å²) in [4.78, 5) is 37.7. The van der Waals surface area contributed by atoms with E-state index in [9.17, 15) is 29.3 Å². The second kappa shape index (κ2) is 40.0. The third kappa shape index (κ3) is 41.5. The maximum Gasteiger partial charge on any atom is 0.306 e. The van der Waals surface area contributed by atoms with Gasteiger partial charge >= 0.3 is 11.9 Å². The molecule has 0 radical (unpaired) electrons. The molecule has 3 unspecified atom stereocenters. The Morgan fingerprint density at radius 1 is 0.600 bits per heavy atom. The number of ether oxygens (including phenoxy) is 2. The van der Waals surface area contributed by atoms with E-state index in [0.717, 1.165) is 38.5 Å². The fourth-order valence-corrected chi connectivity index (χ4v) is 7.19. The molecule has 2 N–H and O–H groups in total. The largest absolute Gasteiger partial charge is 0.756 e. The number of unbranched alkanes of at least 4 members (excludes halogenated alkanes) is 19. The van der Waals surface area contributed by atoms with Crippen LogP contribution in [0.2, 0.25) is 0 Å². The van der Waals surface area contributed by atoms with Gasteiger partial charge in [-0.1, -0.05) is 166 Å². The number of aliphatic hydroxyl groups is 2. The van der Waals surface area contributed by atoms with Gasteiger partial charge in [-0.15, -0.1) is 0 Å². The summed E-state index contributed by atoms with van der Waals surface area (Å²) in [7, 11) is 0.993. The fraction of sp³-hybridized carbons (Fsp3) is 0.833. The van der Waals surface area contributed by atoms with Crippen LogP contribution in [0.4, 0.5) is 0 Å². The van der Waals surface area contributed by atoms with Crippen LogP contribution in [0.15, 0.2) is 36.5 Å². The summed E-state index contributed by atoms with van der Waals surface area (Å²) in [5.74, 6) is -1.11. The zero-order valence-corrected chi connectivity index (χ0v) is 39.8. The Hall–Kier alpha value is -1.85. The highest BCUT2D eigenvalue weighted by Crippen LogP contribution is 2.38. The van der Waals surface area contributed by atoms with Crippen LogP contribution in [0.25, 0.3) is 0 Å². The molecule has 0 amide bonds. The van der Waals surface area contributed by atoms with Gasteiger partial charge in [0.1, 0.15) is 19.8 Å². The highest BCUT2D eigenvalue weighted by Gasteiger charge is 2.22. The summed E-state index contributed by atoms with van der Waals surface area (Å²) in [6, 6.07) is 0. The van der Waals surface area contributed by atoms with Crippen molar-refractivity contribution in [1.82, 2.24) is 0 Å². The summed E-state index contributed by atoms with van der Waals surface area (Å²) in [6.45, 7) is 3.88. The smallest absolute Gasteiger partial charge is 0.306 e. The van der Waals surface area contributed by atoms with Crippen molar-refractivity contribution in [3.8, 4) is 0 Å². The number of hydrogen-bond acceptors (Lipinski definition) is 10. The van der Waals surface area contributed by atoms with Gasteiger partial charge in [0.2, 0.25) is 0 Å². The Kier molecular flexibility index (Phi) is 38.7. The molecule has 0 aromatic heterocycles. The maximum atomic E-state index is 12.7. The van der Waals surface area contributed by atoms with Crippen molar-refractivity contribution >= 4 is 19.8 Å². The third-order valence-electron chi connectivity index (χ3n) is 10.4. The molecule has 4 atom stereocenters. The van der Waals surface area contributed by atoms with E-state index in [1.807, 2.05) is 33.3 Å². The Bertz CT molecular complexity index is 1150. The number of aliphatic hydroxyl groups excluding tert-OH is 2. The lowest BCUT2D eigenvalue weighted by molar-refractivity contribution is -0.870. The Morgan fingerprint density at radius 2 is 1.08 bits per heavy atom. The SMILES string of the molecule is CCCCC/C=C\C/C=C\C/C=C\CC(O)C(O)CCCC(=O)O[C@H](COC(=O)CCCCCCCCCCCCCCCCCCC)COP(=O)([O-])OCC[N+](C)(C)C. The fourth-order valence-electron chi connectivity index (χ4n) is 6.46. The van der Waals surface area contributed by atoms with Gasteiger partial charge in [0.15, 0.2) is 6.10 Å². The molecule has 0 bridgehead atoms. The van der Waals surface area contributed by atoms with Gasteiger partial charge in [0.05, 0.1) is 40.0 Å². The minimum Gasteiger partial charge on any atom is -0.756 e. The normalized spacial score (nSPS) is 14.9. The number of phosphoric ester groups is 1. The Balaban J connectivity index is 4.53. The summed E-state index contributed by atoms with van der Waals surface area (Å²) in [6.07, 6.45) is 37.7. The summed E-state index contributed by atoms with van der Waals surface area (Å²) in [5.41, 5.74) is 0. The van der Waals surface area contributed by atoms with Crippen LogP contribution >= 0.6 is 7.82 Å². The van der Waals surface area contributed by atoms with Crippen molar-refractivity contribution in [2.45, 2.75) is 212 Å². The molecule has 0 fully saturated rings. The zero-order valence-electron chi connectivity index (χ0n) is 38.9. The van der Waals surface area contributed by atoms with Gasteiger partial charge in [0, 0.05) is 12.8 Å². The predicted molar refractivity (Wildman–Crippen MR) is 243 cm³/mol. The van der Waals surface area contributed by atoms with Gasteiger partial charge in [-0.05, 0) is 51.4 Å². The number of esters is 2. The predicted octanol–water partition coefficient (Wildman–Crippen LogP) is 11.0. The average molecular weight is 872 g/mol. The van der Waals surface area contributed by atoms with E-state index in [2.05, 4.69) is 38.2 Å². The summed E-state index contributed by atoms with van der Waals surface area (Å²) >= 11 is 0. The lowest BCUT2D eigenvalue weighted by atomic mass is 10.0. The molecule has 0 aromatic rings. The lowest BCUT2D eigenvalue weighted by Gasteiger charge is -2.28. The molecule has 0 rings (SSSR count). The molecular formula is C48H90NO10P. The standard InChI is InChI=1S/C48H90NO10P/c1-6-8-10-12-14-16-18-20-21-22-23-24-26-28-30-32-34-38-47(52)56-42-44(43-58-60(54,55)57-41-40-49(3,4)5)59-48(53)39-35-37-46(51)45(50)36-33-31-29-27-25-19-17-15-13-11-9-7-2/h15,17,25,27,31,33,44-46,50-51H,6-14,16,18-24,26,28-30,32,34-43H2,1-5H3/b17-15-,27-25-,33-31-/t44-,45?,46?/m1/s1. The molecule has 0 saturated carbocycles. The molecule has 12 heteroatoms. The molecule has 0 aliphatic heterocycles. The maximum absolute atomic E-state index is 12.7. The second-order valence-corrected chi connectivity index (χ2v) is 18.8. The van der Waals surface area contributed by atoms with Gasteiger partial charge in [0.25, 0.3) is 7.82 Å². The van der Waals surface area contributed by atoms with Crippen molar-refractivity contribution in [1.29, 1.82) is 0 Å². The first-order chi connectivity index (χ1) is 28.8. The highest BCUT2D eigenvalue weighted by molar-refractivity contribution is 7.45. The Morgan fingerprint density at radius 3 is 1.63 bits per heavy atom. The van der Waals surface area contributed by atoms with Crippen LogP contribution in [0.3, 0.4) is 0 Å². The molecule has 0 aliphatic carbocycles. The van der Waals surface area contributed by atoms with Crippen LogP contribution in [0, 0.1) is 0 Å². The van der Waals surface area contributed by atoms with Crippen LogP contribution in [-0.2, 0) is 32.7 Å². The van der Waals surface area contributed by atoms with Crippen molar-refractivity contribution in [3.05, 3.63) is 36.5 Å². The van der Waals surface area contributed by atoms with Crippen LogP contribution in [0.5, 0.6) is 0 Å². The molecule has 352 valence electrons. The number of carbonyl (C=O) groups excluding carboxylic acids is 2. The number of allylic oxidation sites excluding steroid dienone is 5. The van der Waals surface area contributed by atoms with Crippen LogP contribution < -0.4 is 4.89 Å². The number of nitrogens with zero attached hydrogens (tertiary/aromatic N) is 1. The minimum absolute atomic E-state index is 0.0821. The van der Waals surface area contributed by atoms with E-state index in [-0.39, 0.29) is 45.3 Å².